The number of amides is 1. The average Bonchev–Trinajstić information content (AvgIpc) is 3.07. The van der Waals surface area contributed by atoms with Crippen molar-refractivity contribution in [2.45, 2.75) is 39.7 Å². The summed E-state index contributed by atoms with van der Waals surface area (Å²) in [5.74, 6) is 1.26. The molecule has 4 aromatic rings. The number of carbonyl (C=O) groups excluding carboxylic acids is 1. The Bertz CT molecular complexity index is 1180. The molecule has 0 bridgehead atoms. The molecule has 4 nitrogen and oxygen atoms in total. The number of nitrogens with zero attached hydrogens (tertiary/aromatic N) is 2. The number of aromatic nitrogens is 2. The minimum atomic E-state index is -0.0449. The summed E-state index contributed by atoms with van der Waals surface area (Å²) in [4.78, 5) is 17.8. The molecule has 1 aromatic heterocycles. The Morgan fingerprint density at radius 2 is 1.73 bits per heavy atom. The molecular formula is C26H27N3O. The van der Waals surface area contributed by atoms with Crippen molar-refractivity contribution in [1.82, 2.24) is 9.55 Å². The lowest BCUT2D eigenvalue weighted by molar-refractivity contribution is -0.116. The van der Waals surface area contributed by atoms with Crippen LogP contribution in [0.4, 0.5) is 5.69 Å². The maximum absolute atomic E-state index is 13.0. The third kappa shape index (κ3) is 4.28. The van der Waals surface area contributed by atoms with Crippen LogP contribution in [-0.4, -0.2) is 15.5 Å². The summed E-state index contributed by atoms with van der Waals surface area (Å²) < 4.78 is 2.03. The molecule has 0 saturated carbocycles. The van der Waals surface area contributed by atoms with Crippen LogP contribution in [-0.2, 0) is 17.8 Å². The number of fused-ring (bicyclic) bond motifs is 1. The minimum Gasteiger partial charge on any atom is -0.324 e. The Morgan fingerprint density at radius 1 is 1.00 bits per heavy atom. The third-order valence-corrected chi connectivity index (χ3v) is 5.44. The molecule has 0 fully saturated rings. The van der Waals surface area contributed by atoms with Gasteiger partial charge in [0.2, 0.25) is 5.91 Å². The molecule has 0 unspecified atom stereocenters. The number of carbonyl (C=O) groups is 1. The molecule has 0 spiro atoms. The van der Waals surface area contributed by atoms with Gasteiger partial charge in [-0.15, -0.1) is 0 Å². The van der Waals surface area contributed by atoms with Gasteiger partial charge in [-0.3, -0.25) is 4.79 Å². The van der Waals surface area contributed by atoms with Gasteiger partial charge in [-0.05, 0) is 47.7 Å². The van der Waals surface area contributed by atoms with Crippen LogP contribution in [0.1, 0.15) is 42.3 Å². The standard InChI is InChI=1S/C26H27N3O/c1-18(2)21-14-13-19(3)23(16-21)28-26(30)17-29-24-12-8-7-11-22(24)27-25(29)15-20-9-5-4-6-10-20/h4-14,16,18H,15,17H2,1-3H3,(H,28,30). The molecule has 30 heavy (non-hydrogen) atoms. The van der Waals surface area contributed by atoms with Gasteiger partial charge in [0.25, 0.3) is 0 Å². The monoisotopic (exact) mass is 397 g/mol. The van der Waals surface area contributed by atoms with Gasteiger partial charge >= 0.3 is 0 Å². The second-order valence-corrected chi connectivity index (χ2v) is 8.04. The largest absolute Gasteiger partial charge is 0.324 e. The van der Waals surface area contributed by atoms with Crippen LogP contribution >= 0.6 is 0 Å². The van der Waals surface area contributed by atoms with Crippen molar-refractivity contribution in [1.29, 1.82) is 0 Å². The molecule has 0 saturated heterocycles. The zero-order valence-electron chi connectivity index (χ0n) is 17.7. The summed E-state index contributed by atoms with van der Waals surface area (Å²) in [6.45, 7) is 6.56. The fourth-order valence-corrected chi connectivity index (χ4v) is 3.68. The maximum atomic E-state index is 13.0. The van der Waals surface area contributed by atoms with Crippen molar-refractivity contribution >= 4 is 22.6 Å². The molecule has 4 rings (SSSR count). The Labute approximate surface area is 177 Å². The van der Waals surface area contributed by atoms with Crippen LogP contribution in [0.15, 0.2) is 72.8 Å². The average molecular weight is 398 g/mol. The van der Waals surface area contributed by atoms with Gasteiger partial charge in [-0.1, -0.05) is 68.4 Å². The van der Waals surface area contributed by atoms with E-state index in [1.807, 2.05) is 54.0 Å². The molecule has 3 aromatic carbocycles. The number of rotatable bonds is 6. The Kier molecular flexibility index (Phi) is 5.66. The fraction of sp³-hybridized carbons (Fsp3) is 0.231. The van der Waals surface area contributed by atoms with Crippen LogP contribution in [0, 0.1) is 6.92 Å². The van der Waals surface area contributed by atoms with E-state index in [0.717, 1.165) is 28.1 Å². The van der Waals surface area contributed by atoms with Crippen molar-refractivity contribution in [3.8, 4) is 0 Å². The van der Waals surface area contributed by atoms with Gasteiger partial charge in [0.1, 0.15) is 12.4 Å². The first-order valence-corrected chi connectivity index (χ1v) is 10.4. The van der Waals surface area contributed by atoms with Crippen molar-refractivity contribution in [3.05, 3.63) is 95.3 Å². The van der Waals surface area contributed by atoms with Crippen LogP contribution in [0.5, 0.6) is 0 Å². The maximum Gasteiger partial charge on any atom is 0.244 e. The van der Waals surface area contributed by atoms with Gasteiger partial charge in [-0.2, -0.15) is 0 Å². The van der Waals surface area contributed by atoms with E-state index in [1.54, 1.807) is 0 Å². The topological polar surface area (TPSA) is 46.9 Å². The van der Waals surface area contributed by atoms with E-state index >= 15 is 0 Å². The van der Waals surface area contributed by atoms with Crippen molar-refractivity contribution in [3.63, 3.8) is 0 Å². The van der Waals surface area contributed by atoms with Crippen molar-refractivity contribution < 1.29 is 4.79 Å². The van der Waals surface area contributed by atoms with E-state index in [4.69, 9.17) is 4.98 Å². The predicted molar refractivity (Wildman–Crippen MR) is 123 cm³/mol. The van der Waals surface area contributed by atoms with Gasteiger partial charge in [0.15, 0.2) is 0 Å². The highest BCUT2D eigenvalue weighted by molar-refractivity contribution is 5.92. The van der Waals surface area contributed by atoms with Gasteiger partial charge < -0.3 is 9.88 Å². The summed E-state index contributed by atoms with van der Waals surface area (Å²) in [7, 11) is 0. The summed E-state index contributed by atoms with van der Waals surface area (Å²) in [6.07, 6.45) is 0.685. The van der Waals surface area contributed by atoms with Crippen molar-refractivity contribution in [2.75, 3.05) is 5.32 Å². The quantitative estimate of drug-likeness (QED) is 0.454. The smallest absolute Gasteiger partial charge is 0.244 e. The molecule has 1 amide bonds. The second-order valence-electron chi connectivity index (χ2n) is 8.04. The molecule has 152 valence electrons. The molecule has 1 heterocycles. The highest BCUT2D eigenvalue weighted by Crippen LogP contribution is 2.23. The number of hydrogen-bond acceptors (Lipinski definition) is 2. The Hall–Kier alpha value is -3.40. The van der Waals surface area contributed by atoms with E-state index in [-0.39, 0.29) is 12.5 Å². The first-order valence-electron chi connectivity index (χ1n) is 10.4. The SMILES string of the molecule is Cc1ccc(C(C)C)cc1NC(=O)Cn1c(Cc2ccccc2)nc2ccccc21. The number of aryl methyl sites for hydroxylation is 1. The van der Waals surface area contributed by atoms with Crippen LogP contribution in [0.2, 0.25) is 0 Å². The second kappa shape index (κ2) is 8.54. The van der Waals surface area contributed by atoms with Crippen LogP contribution in [0.3, 0.4) is 0 Å². The number of hydrogen-bond donors (Lipinski definition) is 1. The van der Waals surface area contributed by atoms with E-state index in [0.29, 0.717) is 12.3 Å². The van der Waals surface area contributed by atoms with Gasteiger partial charge in [0, 0.05) is 12.1 Å². The van der Waals surface area contributed by atoms with Crippen LogP contribution < -0.4 is 5.32 Å². The lowest BCUT2D eigenvalue weighted by Gasteiger charge is -2.14. The van der Waals surface area contributed by atoms with Gasteiger partial charge in [0.05, 0.1) is 11.0 Å². The molecule has 0 aliphatic heterocycles. The Morgan fingerprint density at radius 3 is 2.50 bits per heavy atom. The van der Waals surface area contributed by atoms with Crippen molar-refractivity contribution in [2.24, 2.45) is 0 Å². The highest BCUT2D eigenvalue weighted by Gasteiger charge is 2.15. The molecule has 0 aliphatic carbocycles. The fourth-order valence-electron chi connectivity index (χ4n) is 3.68. The zero-order chi connectivity index (χ0) is 21.1. The first kappa shape index (κ1) is 19.9. The number of benzene rings is 3. The Balaban J connectivity index is 1.62. The lowest BCUT2D eigenvalue weighted by Crippen LogP contribution is -2.21. The summed E-state index contributed by atoms with van der Waals surface area (Å²) >= 11 is 0. The lowest BCUT2D eigenvalue weighted by atomic mass is 10.0. The molecule has 0 aliphatic rings. The number of imidazole rings is 1. The van der Waals surface area contributed by atoms with E-state index < -0.39 is 0 Å². The summed E-state index contributed by atoms with van der Waals surface area (Å²) in [5, 5.41) is 3.11. The first-order chi connectivity index (χ1) is 14.5. The third-order valence-electron chi connectivity index (χ3n) is 5.44. The van der Waals surface area contributed by atoms with E-state index in [1.165, 1.54) is 11.1 Å². The minimum absolute atomic E-state index is 0.0449. The molecule has 0 atom stereocenters. The summed E-state index contributed by atoms with van der Waals surface area (Å²) in [5.41, 5.74) is 6.22. The number of para-hydroxylation sites is 2. The predicted octanol–water partition coefficient (Wildman–Crippen LogP) is 5.70. The molecule has 0 radical (unpaired) electrons. The number of nitrogens with one attached hydrogen (secondary N) is 1. The zero-order valence-corrected chi connectivity index (χ0v) is 17.7. The summed E-state index contributed by atoms with van der Waals surface area (Å²) in [6, 6.07) is 24.5. The number of anilines is 1. The molecule has 1 N–H and O–H groups in total. The van der Waals surface area contributed by atoms with Crippen LogP contribution in [0.25, 0.3) is 11.0 Å². The normalized spacial score (nSPS) is 11.2. The highest BCUT2D eigenvalue weighted by atomic mass is 16.1. The molecule has 4 heteroatoms. The van der Waals surface area contributed by atoms with E-state index in [9.17, 15) is 4.79 Å². The van der Waals surface area contributed by atoms with E-state index in [2.05, 4.69) is 49.5 Å². The molecular weight excluding hydrogens is 370 g/mol. The van der Waals surface area contributed by atoms with Gasteiger partial charge in [-0.25, -0.2) is 4.98 Å².